The Labute approximate surface area is 134 Å². The molecule has 0 aliphatic carbocycles. The van der Waals surface area contributed by atoms with Gasteiger partial charge >= 0.3 is 0 Å². The highest BCUT2D eigenvalue weighted by Crippen LogP contribution is 2.41. The molecular weight excluding hydrogens is 290 g/mol. The van der Waals surface area contributed by atoms with Gasteiger partial charge in [0.2, 0.25) is 0 Å². The van der Waals surface area contributed by atoms with E-state index in [1.807, 2.05) is 50.3 Å². The molecule has 0 radical (unpaired) electrons. The minimum atomic E-state index is -0.996. The summed E-state index contributed by atoms with van der Waals surface area (Å²) in [6.45, 7) is 5.55. The topological polar surface area (TPSA) is 59.2 Å². The normalized spacial score (nSPS) is 23.3. The van der Waals surface area contributed by atoms with Crippen molar-refractivity contribution in [3.05, 3.63) is 64.0 Å². The Morgan fingerprint density at radius 1 is 1.30 bits per heavy atom. The Hall–Kier alpha value is -2.62. The van der Waals surface area contributed by atoms with Crippen molar-refractivity contribution in [2.24, 2.45) is 0 Å². The third-order valence-electron chi connectivity index (χ3n) is 4.56. The summed E-state index contributed by atoms with van der Waals surface area (Å²) < 4.78 is 5.88. The zero-order valence-corrected chi connectivity index (χ0v) is 13.4. The maximum atomic E-state index is 13.0. The summed E-state index contributed by atoms with van der Waals surface area (Å²) in [6.07, 6.45) is 3.91. The van der Waals surface area contributed by atoms with E-state index in [1.54, 1.807) is 13.1 Å². The van der Waals surface area contributed by atoms with Crippen LogP contribution < -0.4 is 10.2 Å². The number of ether oxygens (including phenoxy) is 1. The summed E-state index contributed by atoms with van der Waals surface area (Å²) in [5.41, 5.74) is 1.52. The van der Waals surface area contributed by atoms with Crippen LogP contribution in [0.4, 0.5) is 0 Å². The van der Waals surface area contributed by atoms with Gasteiger partial charge in [-0.15, -0.1) is 0 Å². The number of rotatable bonds is 3. The minimum Gasteiger partial charge on any atom is -0.469 e. The second-order valence-corrected chi connectivity index (χ2v) is 6.03. The van der Waals surface area contributed by atoms with Gasteiger partial charge in [-0.05, 0) is 31.9 Å². The van der Waals surface area contributed by atoms with Crippen LogP contribution in [-0.4, -0.2) is 17.4 Å². The third-order valence-corrected chi connectivity index (χ3v) is 4.56. The van der Waals surface area contributed by atoms with Crippen molar-refractivity contribution in [1.82, 2.24) is 4.98 Å². The monoisotopic (exact) mass is 309 g/mol. The van der Waals surface area contributed by atoms with E-state index in [0.717, 1.165) is 17.4 Å². The number of carbonyl (C=O) groups excluding carboxylic acids is 1. The van der Waals surface area contributed by atoms with Crippen LogP contribution >= 0.6 is 0 Å². The van der Waals surface area contributed by atoms with Gasteiger partial charge in [0, 0.05) is 11.8 Å². The molecule has 4 nitrogen and oxygen atoms in total. The average molecular weight is 309 g/mol. The fourth-order valence-corrected chi connectivity index (χ4v) is 3.14. The largest absolute Gasteiger partial charge is 0.469 e. The fourth-order valence-electron chi connectivity index (χ4n) is 3.14. The second kappa shape index (κ2) is 5.54. The first kappa shape index (κ1) is 15.3. The lowest BCUT2D eigenvalue weighted by Gasteiger charge is -2.24. The Bertz CT molecular complexity index is 835. The molecule has 0 amide bonds. The Morgan fingerprint density at radius 2 is 2.00 bits per heavy atom. The number of carbonyl (C=O) groups is 1. The van der Waals surface area contributed by atoms with E-state index in [0.29, 0.717) is 17.0 Å². The van der Waals surface area contributed by atoms with Gasteiger partial charge in [-0.1, -0.05) is 36.4 Å². The molecule has 4 heteroatoms. The maximum absolute atomic E-state index is 13.0. The van der Waals surface area contributed by atoms with Crippen LogP contribution in [0.1, 0.15) is 26.3 Å². The first-order chi connectivity index (χ1) is 11.0. The molecule has 2 aromatic rings. The van der Waals surface area contributed by atoms with Gasteiger partial charge in [0.25, 0.3) is 0 Å². The quantitative estimate of drug-likeness (QED) is 0.699. The summed E-state index contributed by atoms with van der Waals surface area (Å²) in [4.78, 5) is 27.9. The zero-order chi connectivity index (χ0) is 16.6. The van der Waals surface area contributed by atoms with Crippen LogP contribution in [0.5, 0.6) is 5.88 Å². The van der Waals surface area contributed by atoms with Gasteiger partial charge in [-0.3, -0.25) is 4.79 Å². The van der Waals surface area contributed by atoms with E-state index in [-0.39, 0.29) is 5.43 Å². The smallest absolute Gasteiger partial charge is 0.199 e. The first-order valence-corrected chi connectivity index (χ1v) is 7.60. The molecular formula is C19H19NO3. The lowest BCUT2D eigenvalue weighted by atomic mass is 9.77. The molecule has 2 atom stereocenters. The van der Waals surface area contributed by atoms with E-state index in [9.17, 15) is 9.59 Å². The van der Waals surface area contributed by atoms with Gasteiger partial charge < -0.3 is 14.5 Å². The molecule has 0 fully saturated rings. The summed E-state index contributed by atoms with van der Waals surface area (Å²) in [5, 5.41) is 0. The highest BCUT2D eigenvalue weighted by molar-refractivity contribution is 5.76. The number of pyridine rings is 1. The molecule has 1 aromatic carbocycles. The predicted molar refractivity (Wildman–Crippen MR) is 89.8 cm³/mol. The van der Waals surface area contributed by atoms with Gasteiger partial charge in [0.15, 0.2) is 11.3 Å². The maximum Gasteiger partial charge on any atom is 0.199 e. The third kappa shape index (κ3) is 2.22. The SMILES string of the molecule is C/C=C(\C)[C@@H]1Oc2[nH]cc(-c3ccccc3)c(=O)c2[C@]1(C)C=O. The number of allylic oxidation sites excluding steroid dienone is 1. The fraction of sp³-hybridized carbons (Fsp3) is 0.263. The van der Waals surface area contributed by atoms with E-state index < -0.39 is 11.5 Å². The summed E-state index contributed by atoms with van der Waals surface area (Å²) in [5.74, 6) is 0.385. The molecule has 0 saturated heterocycles. The van der Waals surface area contributed by atoms with Crippen molar-refractivity contribution in [1.29, 1.82) is 0 Å². The first-order valence-electron chi connectivity index (χ1n) is 7.60. The average Bonchev–Trinajstić information content (AvgIpc) is 2.89. The molecule has 0 unspecified atom stereocenters. The molecule has 0 saturated carbocycles. The van der Waals surface area contributed by atoms with Gasteiger partial charge in [0.05, 0.1) is 11.0 Å². The summed E-state index contributed by atoms with van der Waals surface area (Å²) >= 11 is 0. The lowest BCUT2D eigenvalue weighted by Crippen LogP contribution is -2.40. The number of H-pyrrole nitrogens is 1. The van der Waals surface area contributed by atoms with Gasteiger partial charge in [-0.2, -0.15) is 0 Å². The molecule has 1 aliphatic heterocycles. The molecule has 0 bridgehead atoms. The Balaban J connectivity index is 2.23. The predicted octanol–water partition coefficient (Wildman–Crippen LogP) is 3.23. The van der Waals surface area contributed by atoms with E-state index in [1.165, 1.54) is 0 Å². The van der Waals surface area contributed by atoms with Crippen molar-refractivity contribution in [2.75, 3.05) is 0 Å². The number of hydrogen-bond acceptors (Lipinski definition) is 3. The number of hydrogen-bond donors (Lipinski definition) is 1. The standard InChI is InChI=1S/C19H19NO3/c1-4-12(2)17-19(3,11-21)15-16(22)14(10-20-18(15)23-17)13-8-6-5-7-9-13/h4-11,17H,1-3H3,(H,20,22)/b12-4+/t17-,19-/m0/s1. The lowest BCUT2D eigenvalue weighted by molar-refractivity contribution is -0.113. The second-order valence-electron chi connectivity index (χ2n) is 6.03. The van der Waals surface area contributed by atoms with E-state index >= 15 is 0 Å². The molecule has 1 N–H and O–H groups in total. The van der Waals surface area contributed by atoms with Crippen LogP contribution in [0.15, 0.2) is 53.0 Å². The Kier molecular flexibility index (Phi) is 3.68. The number of aromatic amines is 1. The molecule has 118 valence electrons. The molecule has 1 aromatic heterocycles. The zero-order valence-electron chi connectivity index (χ0n) is 13.4. The molecule has 3 rings (SSSR count). The van der Waals surface area contributed by atoms with Crippen LogP contribution in [0, 0.1) is 0 Å². The van der Waals surface area contributed by atoms with Crippen LogP contribution in [-0.2, 0) is 10.2 Å². The minimum absolute atomic E-state index is 0.161. The molecule has 1 aliphatic rings. The van der Waals surface area contributed by atoms with E-state index in [4.69, 9.17) is 4.74 Å². The van der Waals surface area contributed by atoms with Crippen LogP contribution in [0.3, 0.4) is 0 Å². The van der Waals surface area contributed by atoms with Crippen molar-refractivity contribution in [3.63, 3.8) is 0 Å². The van der Waals surface area contributed by atoms with Crippen molar-refractivity contribution in [2.45, 2.75) is 32.3 Å². The summed E-state index contributed by atoms with van der Waals surface area (Å²) in [7, 11) is 0. The highest BCUT2D eigenvalue weighted by atomic mass is 16.5. The van der Waals surface area contributed by atoms with Crippen molar-refractivity contribution < 1.29 is 9.53 Å². The molecule has 23 heavy (non-hydrogen) atoms. The number of benzene rings is 1. The Morgan fingerprint density at radius 3 is 2.61 bits per heavy atom. The van der Waals surface area contributed by atoms with Gasteiger partial charge in [0.1, 0.15) is 12.4 Å². The number of nitrogens with one attached hydrogen (secondary N) is 1. The van der Waals surface area contributed by atoms with Crippen LogP contribution in [0.2, 0.25) is 0 Å². The molecule has 0 spiro atoms. The van der Waals surface area contributed by atoms with Crippen molar-refractivity contribution in [3.8, 4) is 17.0 Å². The number of aromatic nitrogens is 1. The number of aldehydes is 1. The summed E-state index contributed by atoms with van der Waals surface area (Å²) in [6, 6.07) is 9.41. The van der Waals surface area contributed by atoms with Gasteiger partial charge in [-0.25, -0.2) is 0 Å². The van der Waals surface area contributed by atoms with Crippen molar-refractivity contribution >= 4 is 6.29 Å². The molecule has 2 heterocycles. The van der Waals surface area contributed by atoms with E-state index in [2.05, 4.69) is 4.98 Å². The van der Waals surface area contributed by atoms with Crippen LogP contribution in [0.25, 0.3) is 11.1 Å². The number of fused-ring (bicyclic) bond motifs is 1. The highest BCUT2D eigenvalue weighted by Gasteiger charge is 2.49.